The van der Waals surface area contributed by atoms with E-state index in [9.17, 15) is 0 Å². The van der Waals surface area contributed by atoms with Gasteiger partial charge in [-0.15, -0.1) is 0 Å². The van der Waals surface area contributed by atoms with Gasteiger partial charge in [0.15, 0.2) is 0 Å². The summed E-state index contributed by atoms with van der Waals surface area (Å²) in [5, 5.41) is 3.52. The second kappa shape index (κ2) is 6.21. The van der Waals surface area contributed by atoms with E-state index in [2.05, 4.69) is 63.8 Å². The fourth-order valence-electron chi connectivity index (χ4n) is 2.80. The van der Waals surface area contributed by atoms with Crippen LogP contribution in [0.15, 0.2) is 73.1 Å². The molecular formula is C20H19N3. The molecule has 1 heterocycles. The summed E-state index contributed by atoms with van der Waals surface area (Å²) in [7, 11) is 0. The number of nitrogens with zero attached hydrogens (tertiary/aromatic N) is 2. The second-order valence-corrected chi connectivity index (χ2v) is 6.00. The molecule has 0 spiro atoms. The fourth-order valence-corrected chi connectivity index (χ4v) is 2.80. The Morgan fingerprint density at radius 1 is 0.783 bits per heavy atom. The summed E-state index contributed by atoms with van der Waals surface area (Å²) >= 11 is 0. The number of hydrogen-bond acceptors (Lipinski definition) is 3. The van der Waals surface area contributed by atoms with Crippen molar-refractivity contribution >= 4 is 5.82 Å². The lowest BCUT2D eigenvalue weighted by atomic mass is 9.99. The highest BCUT2D eigenvalue weighted by atomic mass is 15.0. The summed E-state index contributed by atoms with van der Waals surface area (Å²) in [6, 6.07) is 20.9. The lowest BCUT2D eigenvalue weighted by Gasteiger charge is -2.20. The summed E-state index contributed by atoms with van der Waals surface area (Å²) in [6.07, 6.45) is 6.26. The van der Waals surface area contributed by atoms with Crippen molar-refractivity contribution in [3.8, 4) is 0 Å². The zero-order chi connectivity index (χ0) is 15.5. The smallest absolute Gasteiger partial charge is 0.145 e. The number of hydrogen-bond donors (Lipinski definition) is 1. The van der Waals surface area contributed by atoms with Gasteiger partial charge in [0.25, 0.3) is 0 Å². The predicted molar refractivity (Wildman–Crippen MR) is 92.4 cm³/mol. The van der Waals surface area contributed by atoms with Crippen LogP contribution in [0.2, 0.25) is 0 Å². The third-order valence-corrected chi connectivity index (χ3v) is 4.23. The first kappa shape index (κ1) is 13.9. The summed E-state index contributed by atoms with van der Waals surface area (Å²) in [6.45, 7) is 0. The highest BCUT2D eigenvalue weighted by Crippen LogP contribution is 2.38. The number of rotatable bonds is 5. The highest BCUT2D eigenvalue weighted by Gasteiger charge is 2.25. The van der Waals surface area contributed by atoms with Crippen molar-refractivity contribution in [3.05, 3.63) is 89.9 Å². The van der Waals surface area contributed by atoms with Crippen molar-refractivity contribution in [2.75, 3.05) is 5.32 Å². The molecule has 1 fully saturated rings. The molecule has 0 bridgehead atoms. The van der Waals surface area contributed by atoms with E-state index in [1.807, 2.05) is 24.5 Å². The van der Waals surface area contributed by atoms with Crippen LogP contribution >= 0.6 is 0 Å². The van der Waals surface area contributed by atoms with Crippen molar-refractivity contribution in [3.63, 3.8) is 0 Å². The van der Waals surface area contributed by atoms with Crippen LogP contribution in [-0.2, 0) is 0 Å². The van der Waals surface area contributed by atoms with E-state index >= 15 is 0 Å². The van der Waals surface area contributed by atoms with Gasteiger partial charge in [0.1, 0.15) is 5.82 Å². The zero-order valence-corrected chi connectivity index (χ0v) is 12.9. The Morgan fingerprint density at radius 3 is 1.87 bits per heavy atom. The molecule has 0 aliphatic heterocycles. The van der Waals surface area contributed by atoms with Gasteiger partial charge in [-0.2, -0.15) is 0 Å². The lowest BCUT2D eigenvalue weighted by Crippen LogP contribution is -2.13. The van der Waals surface area contributed by atoms with Crippen LogP contribution in [0.25, 0.3) is 0 Å². The lowest BCUT2D eigenvalue weighted by molar-refractivity contribution is 0.910. The molecule has 0 radical (unpaired) electrons. The maximum atomic E-state index is 4.56. The van der Waals surface area contributed by atoms with Crippen molar-refractivity contribution in [1.82, 2.24) is 9.97 Å². The summed E-state index contributed by atoms with van der Waals surface area (Å²) in [5.74, 6) is 1.45. The average molecular weight is 301 g/mol. The van der Waals surface area contributed by atoms with Gasteiger partial charge in [0, 0.05) is 5.92 Å². The van der Waals surface area contributed by atoms with Crippen LogP contribution in [0.3, 0.4) is 0 Å². The molecule has 0 saturated heterocycles. The minimum absolute atomic E-state index is 0.0680. The molecule has 1 aliphatic carbocycles. The van der Waals surface area contributed by atoms with E-state index in [1.165, 1.54) is 24.0 Å². The maximum Gasteiger partial charge on any atom is 0.145 e. The molecule has 1 N–H and O–H groups in total. The molecule has 3 nitrogen and oxygen atoms in total. The van der Waals surface area contributed by atoms with Gasteiger partial charge in [-0.1, -0.05) is 60.7 Å². The topological polar surface area (TPSA) is 37.8 Å². The van der Waals surface area contributed by atoms with Crippen LogP contribution in [-0.4, -0.2) is 9.97 Å². The van der Waals surface area contributed by atoms with Crippen molar-refractivity contribution in [2.24, 2.45) is 0 Å². The monoisotopic (exact) mass is 301 g/mol. The number of anilines is 1. The Hall–Kier alpha value is -2.68. The number of nitrogens with one attached hydrogen (secondary N) is 1. The van der Waals surface area contributed by atoms with Crippen LogP contribution in [0, 0.1) is 0 Å². The van der Waals surface area contributed by atoms with Gasteiger partial charge in [-0.05, 0) is 24.0 Å². The van der Waals surface area contributed by atoms with Gasteiger partial charge < -0.3 is 5.32 Å². The molecule has 1 aromatic heterocycles. The van der Waals surface area contributed by atoms with E-state index in [-0.39, 0.29) is 6.04 Å². The van der Waals surface area contributed by atoms with Crippen molar-refractivity contribution < 1.29 is 0 Å². The first-order valence-electron chi connectivity index (χ1n) is 8.08. The molecule has 0 unspecified atom stereocenters. The van der Waals surface area contributed by atoms with E-state index in [0.29, 0.717) is 5.92 Å². The molecule has 2 aromatic carbocycles. The first-order valence-corrected chi connectivity index (χ1v) is 8.08. The zero-order valence-electron chi connectivity index (χ0n) is 12.9. The molecule has 0 atom stereocenters. The van der Waals surface area contributed by atoms with Gasteiger partial charge in [-0.25, -0.2) is 4.98 Å². The Kier molecular flexibility index (Phi) is 3.76. The third kappa shape index (κ3) is 3.24. The largest absolute Gasteiger partial charge is 0.358 e. The van der Waals surface area contributed by atoms with Crippen LogP contribution in [0.1, 0.15) is 41.6 Å². The first-order chi connectivity index (χ1) is 11.4. The molecule has 1 aliphatic rings. The van der Waals surface area contributed by atoms with Gasteiger partial charge in [-0.3, -0.25) is 4.98 Å². The standard InChI is InChI=1S/C20H19N3/c1-3-7-16(8-4-1)20(17-9-5-2-6-10-17)23-19-14-21-18(13-22-19)15-11-12-15/h1-10,13-15,20H,11-12H2,(H,22,23). The van der Waals surface area contributed by atoms with Crippen LogP contribution < -0.4 is 5.32 Å². The SMILES string of the molecule is c1ccc(C(Nc2cnc(C3CC3)cn2)c2ccccc2)cc1. The minimum atomic E-state index is 0.0680. The van der Waals surface area contributed by atoms with Crippen molar-refractivity contribution in [1.29, 1.82) is 0 Å². The number of benzene rings is 2. The summed E-state index contributed by atoms with van der Waals surface area (Å²) < 4.78 is 0. The normalized spacial score (nSPS) is 14.0. The molecule has 1 saturated carbocycles. The predicted octanol–water partition coefficient (Wildman–Crippen LogP) is 4.56. The fraction of sp³-hybridized carbons (Fsp3) is 0.200. The Balaban J connectivity index is 1.62. The molecule has 3 aromatic rings. The van der Waals surface area contributed by atoms with Gasteiger partial charge in [0.2, 0.25) is 0 Å². The van der Waals surface area contributed by atoms with E-state index in [1.54, 1.807) is 0 Å². The maximum absolute atomic E-state index is 4.56. The average Bonchev–Trinajstić information content (AvgIpc) is 3.47. The van der Waals surface area contributed by atoms with Crippen LogP contribution in [0.5, 0.6) is 0 Å². The quantitative estimate of drug-likeness (QED) is 0.751. The number of aromatic nitrogens is 2. The molecular weight excluding hydrogens is 282 g/mol. The van der Waals surface area contributed by atoms with Crippen LogP contribution in [0.4, 0.5) is 5.82 Å². The Labute approximate surface area is 136 Å². The van der Waals surface area contributed by atoms with Gasteiger partial charge in [0.05, 0.1) is 24.1 Å². The van der Waals surface area contributed by atoms with Gasteiger partial charge >= 0.3 is 0 Å². The molecule has 4 rings (SSSR count). The summed E-state index contributed by atoms with van der Waals surface area (Å²) in [4.78, 5) is 9.11. The molecule has 0 amide bonds. The minimum Gasteiger partial charge on any atom is -0.358 e. The molecule has 114 valence electrons. The third-order valence-electron chi connectivity index (χ3n) is 4.23. The second-order valence-electron chi connectivity index (χ2n) is 6.00. The highest BCUT2D eigenvalue weighted by molar-refractivity contribution is 5.43. The summed E-state index contributed by atoms with van der Waals surface area (Å²) in [5.41, 5.74) is 3.55. The molecule has 23 heavy (non-hydrogen) atoms. The van der Waals surface area contributed by atoms with Crippen molar-refractivity contribution in [2.45, 2.75) is 24.8 Å². The van der Waals surface area contributed by atoms with E-state index < -0.39 is 0 Å². The Morgan fingerprint density at radius 2 is 1.39 bits per heavy atom. The van der Waals surface area contributed by atoms with E-state index in [4.69, 9.17) is 0 Å². The van der Waals surface area contributed by atoms with E-state index in [0.717, 1.165) is 11.5 Å². The Bertz CT molecular complexity index is 710. The molecule has 3 heteroatoms.